The smallest absolute Gasteiger partial charge is 0.228 e. The molecule has 2 aromatic rings. The van der Waals surface area contributed by atoms with Crippen LogP contribution in [0.5, 0.6) is 0 Å². The topological polar surface area (TPSA) is 67.9 Å². The molecule has 1 aromatic carbocycles. The Morgan fingerprint density at radius 2 is 1.86 bits per heavy atom. The van der Waals surface area contributed by atoms with E-state index in [1.807, 2.05) is 14.0 Å². The predicted molar refractivity (Wildman–Crippen MR) is 89.7 cm³/mol. The maximum atomic E-state index is 5.66. The SMILES string of the molecule is CCC(CCc1ccccc1)N(C)c1nc(C)nc(CN)n1. The van der Waals surface area contributed by atoms with Gasteiger partial charge in [0.2, 0.25) is 5.95 Å². The summed E-state index contributed by atoms with van der Waals surface area (Å²) in [7, 11) is 2.05. The van der Waals surface area contributed by atoms with Gasteiger partial charge in [-0.2, -0.15) is 9.97 Å². The summed E-state index contributed by atoms with van der Waals surface area (Å²) < 4.78 is 0. The summed E-state index contributed by atoms with van der Waals surface area (Å²) in [4.78, 5) is 15.3. The minimum Gasteiger partial charge on any atom is -0.341 e. The van der Waals surface area contributed by atoms with Crippen LogP contribution in [0.1, 0.15) is 37.0 Å². The average molecular weight is 299 g/mol. The van der Waals surface area contributed by atoms with Gasteiger partial charge in [-0.1, -0.05) is 37.3 Å². The highest BCUT2D eigenvalue weighted by Crippen LogP contribution is 2.17. The van der Waals surface area contributed by atoms with Gasteiger partial charge >= 0.3 is 0 Å². The number of aryl methyl sites for hydroxylation is 2. The van der Waals surface area contributed by atoms with Crippen molar-refractivity contribution in [2.45, 2.75) is 45.7 Å². The van der Waals surface area contributed by atoms with E-state index in [2.05, 4.69) is 57.1 Å². The van der Waals surface area contributed by atoms with E-state index < -0.39 is 0 Å². The molecule has 118 valence electrons. The molecule has 0 aliphatic heterocycles. The monoisotopic (exact) mass is 299 g/mol. The van der Waals surface area contributed by atoms with Crippen molar-refractivity contribution >= 4 is 5.95 Å². The molecule has 0 fully saturated rings. The Kier molecular flexibility index (Phi) is 5.83. The molecule has 0 spiro atoms. The minimum absolute atomic E-state index is 0.338. The van der Waals surface area contributed by atoms with Crippen molar-refractivity contribution in [2.24, 2.45) is 5.73 Å². The van der Waals surface area contributed by atoms with Crippen molar-refractivity contribution in [3.05, 3.63) is 47.5 Å². The first kappa shape index (κ1) is 16.4. The van der Waals surface area contributed by atoms with Crippen LogP contribution in [0, 0.1) is 6.92 Å². The van der Waals surface area contributed by atoms with Gasteiger partial charge in [0.25, 0.3) is 0 Å². The number of rotatable bonds is 7. The number of anilines is 1. The van der Waals surface area contributed by atoms with Crippen LogP contribution < -0.4 is 10.6 Å². The van der Waals surface area contributed by atoms with Crippen LogP contribution in [0.2, 0.25) is 0 Å². The molecule has 0 radical (unpaired) electrons. The lowest BCUT2D eigenvalue weighted by atomic mass is 10.0. The van der Waals surface area contributed by atoms with E-state index in [1.165, 1.54) is 5.56 Å². The molecule has 0 saturated heterocycles. The fourth-order valence-electron chi connectivity index (χ4n) is 2.58. The normalized spacial score (nSPS) is 12.2. The van der Waals surface area contributed by atoms with Crippen molar-refractivity contribution in [1.29, 1.82) is 0 Å². The molecule has 22 heavy (non-hydrogen) atoms. The van der Waals surface area contributed by atoms with E-state index in [0.717, 1.165) is 25.1 Å². The standard InChI is InChI=1S/C17H25N5/c1-4-15(11-10-14-8-6-5-7-9-14)22(3)17-20-13(2)19-16(12-18)21-17/h5-9,15H,4,10-12,18H2,1-3H3. The number of nitrogens with zero attached hydrogens (tertiary/aromatic N) is 4. The number of benzene rings is 1. The second-order valence-electron chi connectivity index (χ2n) is 5.50. The van der Waals surface area contributed by atoms with Crippen molar-refractivity contribution in [3.63, 3.8) is 0 Å². The van der Waals surface area contributed by atoms with Gasteiger partial charge in [-0.05, 0) is 31.7 Å². The second kappa shape index (κ2) is 7.84. The van der Waals surface area contributed by atoms with Crippen LogP contribution in [-0.2, 0) is 13.0 Å². The molecule has 1 atom stereocenters. The lowest BCUT2D eigenvalue weighted by Gasteiger charge is -2.27. The zero-order valence-corrected chi connectivity index (χ0v) is 13.7. The number of hydrogen-bond acceptors (Lipinski definition) is 5. The van der Waals surface area contributed by atoms with E-state index >= 15 is 0 Å². The van der Waals surface area contributed by atoms with Crippen LogP contribution in [0.4, 0.5) is 5.95 Å². The van der Waals surface area contributed by atoms with Crippen LogP contribution in [-0.4, -0.2) is 28.0 Å². The zero-order chi connectivity index (χ0) is 15.9. The Balaban J connectivity index is 2.08. The lowest BCUT2D eigenvalue weighted by molar-refractivity contribution is 0.552. The van der Waals surface area contributed by atoms with Crippen LogP contribution in [0.25, 0.3) is 0 Å². The highest BCUT2D eigenvalue weighted by atomic mass is 15.3. The van der Waals surface area contributed by atoms with Gasteiger partial charge in [-0.25, -0.2) is 4.98 Å². The number of aromatic nitrogens is 3. The highest BCUT2D eigenvalue weighted by molar-refractivity contribution is 5.30. The van der Waals surface area contributed by atoms with Gasteiger partial charge in [0.1, 0.15) is 11.6 Å². The molecular weight excluding hydrogens is 274 g/mol. The molecular formula is C17H25N5. The molecule has 0 saturated carbocycles. The first-order valence-corrected chi connectivity index (χ1v) is 7.82. The third-order valence-corrected chi connectivity index (χ3v) is 3.91. The quantitative estimate of drug-likeness (QED) is 0.850. The lowest BCUT2D eigenvalue weighted by Crippen LogP contribution is -2.33. The Morgan fingerprint density at radius 3 is 2.50 bits per heavy atom. The largest absolute Gasteiger partial charge is 0.341 e. The van der Waals surface area contributed by atoms with E-state index in [0.29, 0.717) is 24.4 Å². The van der Waals surface area contributed by atoms with E-state index in [-0.39, 0.29) is 0 Å². The molecule has 1 heterocycles. The van der Waals surface area contributed by atoms with Crippen molar-refractivity contribution in [1.82, 2.24) is 15.0 Å². The zero-order valence-electron chi connectivity index (χ0n) is 13.7. The second-order valence-corrected chi connectivity index (χ2v) is 5.50. The van der Waals surface area contributed by atoms with Gasteiger partial charge in [0, 0.05) is 13.1 Å². The summed E-state index contributed by atoms with van der Waals surface area (Å²) in [5, 5.41) is 0. The third kappa shape index (κ3) is 4.24. The third-order valence-electron chi connectivity index (χ3n) is 3.91. The predicted octanol–water partition coefficient (Wildman–Crippen LogP) is 2.49. The molecule has 1 aromatic heterocycles. The van der Waals surface area contributed by atoms with Gasteiger partial charge in [0.15, 0.2) is 0 Å². The van der Waals surface area contributed by atoms with Crippen LogP contribution in [0.3, 0.4) is 0 Å². The van der Waals surface area contributed by atoms with E-state index in [4.69, 9.17) is 5.73 Å². The maximum absolute atomic E-state index is 5.66. The van der Waals surface area contributed by atoms with Gasteiger partial charge in [-0.3, -0.25) is 0 Å². The molecule has 5 nitrogen and oxygen atoms in total. The van der Waals surface area contributed by atoms with Crippen molar-refractivity contribution in [2.75, 3.05) is 11.9 Å². The van der Waals surface area contributed by atoms with Crippen molar-refractivity contribution in [3.8, 4) is 0 Å². The van der Waals surface area contributed by atoms with Crippen LogP contribution in [0.15, 0.2) is 30.3 Å². The Bertz CT molecular complexity index is 585. The molecule has 0 aliphatic rings. The summed E-state index contributed by atoms with van der Waals surface area (Å²) in [6.07, 6.45) is 3.17. The average Bonchev–Trinajstić information content (AvgIpc) is 2.55. The molecule has 2 N–H and O–H groups in total. The van der Waals surface area contributed by atoms with E-state index in [9.17, 15) is 0 Å². The molecule has 0 amide bonds. The first-order chi connectivity index (χ1) is 10.6. The highest BCUT2D eigenvalue weighted by Gasteiger charge is 2.17. The Labute approximate surface area is 132 Å². The van der Waals surface area contributed by atoms with Gasteiger partial charge < -0.3 is 10.6 Å². The maximum Gasteiger partial charge on any atom is 0.228 e. The van der Waals surface area contributed by atoms with E-state index in [1.54, 1.807) is 0 Å². The first-order valence-electron chi connectivity index (χ1n) is 7.82. The minimum atomic E-state index is 0.338. The van der Waals surface area contributed by atoms with Gasteiger partial charge in [0.05, 0.1) is 6.54 Å². The fourth-order valence-corrected chi connectivity index (χ4v) is 2.58. The summed E-state index contributed by atoms with van der Waals surface area (Å²) in [5.41, 5.74) is 7.02. The number of hydrogen-bond donors (Lipinski definition) is 1. The molecule has 5 heteroatoms. The summed E-state index contributed by atoms with van der Waals surface area (Å²) in [6.45, 7) is 4.41. The number of nitrogens with two attached hydrogens (primary N) is 1. The van der Waals surface area contributed by atoms with Crippen LogP contribution >= 0.6 is 0 Å². The summed E-state index contributed by atoms with van der Waals surface area (Å²) in [5.74, 6) is 2.08. The molecule has 2 rings (SSSR count). The Hall–Kier alpha value is -2.01. The van der Waals surface area contributed by atoms with Gasteiger partial charge in [-0.15, -0.1) is 0 Å². The molecule has 0 aliphatic carbocycles. The molecule has 0 bridgehead atoms. The molecule has 1 unspecified atom stereocenters. The fraction of sp³-hybridized carbons (Fsp3) is 0.471. The summed E-state index contributed by atoms with van der Waals surface area (Å²) in [6, 6.07) is 11.0. The van der Waals surface area contributed by atoms with Crippen molar-refractivity contribution < 1.29 is 0 Å². The Morgan fingerprint density at radius 1 is 1.14 bits per heavy atom. The summed E-state index contributed by atoms with van der Waals surface area (Å²) >= 11 is 0.